The molecule has 0 unspecified atom stereocenters. The molecule has 0 radical (unpaired) electrons. The summed E-state index contributed by atoms with van der Waals surface area (Å²) in [5, 5.41) is 2.63. The molecular weight excluding hydrogens is 156 g/mol. The highest BCUT2D eigenvalue weighted by Gasteiger charge is 2.17. The molecule has 1 aromatic rings. The van der Waals surface area contributed by atoms with Gasteiger partial charge in [0.15, 0.2) is 18.2 Å². The van der Waals surface area contributed by atoms with Crippen molar-refractivity contribution in [2.75, 3.05) is 11.9 Å². The largest absolute Gasteiger partial charge is 0.480 e. The molecule has 1 aliphatic heterocycles. The van der Waals surface area contributed by atoms with Crippen molar-refractivity contribution in [1.82, 2.24) is 4.98 Å². The van der Waals surface area contributed by atoms with Crippen LogP contribution in [0.1, 0.15) is 5.56 Å². The summed E-state index contributed by atoms with van der Waals surface area (Å²) in [6, 6.07) is 1.84. The molecule has 0 saturated carbocycles. The first-order chi connectivity index (χ1) is 5.77. The van der Waals surface area contributed by atoms with Gasteiger partial charge in [-0.15, -0.1) is 0 Å². The topological polar surface area (TPSA) is 51.2 Å². The zero-order chi connectivity index (χ0) is 8.55. The Labute approximate surface area is 69.6 Å². The van der Waals surface area contributed by atoms with Crippen LogP contribution >= 0.6 is 0 Å². The summed E-state index contributed by atoms with van der Waals surface area (Å²) in [5.41, 5.74) is 0.986. The predicted octanol–water partition coefficient (Wildman–Crippen LogP) is 0.721. The number of amides is 1. The van der Waals surface area contributed by atoms with Gasteiger partial charge in [0.1, 0.15) is 0 Å². The SMILES string of the molecule is Cc1ccnc2c1OCC(=O)N2. The summed E-state index contributed by atoms with van der Waals surface area (Å²) in [6.45, 7) is 2.00. The highest BCUT2D eigenvalue weighted by molar-refractivity contribution is 5.94. The number of anilines is 1. The zero-order valence-corrected chi connectivity index (χ0v) is 6.63. The molecule has 2 heterocycles. The number of pyridine rings is 1. The van der Waals surface area contributed by atoms with Gasteiger partial charge in [0.2, 0.25) is 0 Å². The Morgan fingerprint density at radius 2 is 2.50 bits per heavy atom. The van der Waals surface area contributed by atoms with Crippen LogP contribution in [-0.4, -0.2) is 17.5 Å². The maximum absolute atomic E-state index is 10.9. The van der Waals surface area contributed by atoms with Crippen LogP contribution in [0.25, 0.3) is 0 Å². The minimum Gasteiger partial charge on any atom is -0.480 e. The van der Waals surface area contributed by atoms with Gasteiger partial charge in [-0.05, 0) is 18.6 Å². The lowest BCUT2D eigenvalue weighted by molar-refractivity contribution is -0.118. The number of carbonyl (C=O) groups excluding carboxylic acids is 1. The minimum atomic E-state index is -0.152. The number of nitrogens with one attached hydrogen (secondary N) is 1. The van der Waals surface area contributed by atoms with Crippen molar-refractivity contribution in [3.05, 3.63) is 17.8 Å². The summed E-state index contributed by atoms with van der Waals surface area (Å²) in [7, 11) is 0. The molecule has 1 aliphatic rings. The van der Waals surface area contributed by atoms with Crippen LogP contribution in [-0.2, 0) is 4.79 Å². The Kier molecular flexibility index (Phi) is 1.46. The van der Waals surface area contributed by atoms with Crippen LogP contribution in [0.2, 0.25) is 0 Å². The van der Waals surface area contributed by atoms with Gasteiger partial charge in [-0.2, -0.15) is 0 Å². The Morgan fingerprint density at radius 3 is 3.33 bits per heavy atom. The highest BCUT2D eigenvalue weighted by Crippen LogP contribution is 2.27. The van der Waals surface area contributed by atoms with E-state index in [1.54, 1.807) is 6.20 Å². The van der Waals surface area contributed by atoms with E-state index in [0.29, 0.717) is 11.6 Å². The normalized spacial score (nSPS) is 14.6. The van der Waals surface area contributed by atoms with Crippen molar-refractivity contribution >= 4 is 11.7 Å². The van der Waals surface area contributed by atoms with E-state index >= 15 is 0 Å². The molecule has 62 valence electrons. The molecule has 1 N–H and O–H groups in total. The van der Waals surface area contributed by atoms with Gasteiger partial charge in [0.25, 0.3) is 5.91 Å². The summed E-state index contributed by atoms with van der Waals surface area (Å²) >= 11 is 0. The van der Waals surface area contributed by atoms with Crippen molar-refractivity contribution in [1.29, 1.82) is 0 Å². The molecule has 4 nitrogen and oxygen atoms in total. The number of aromatic nitrogens is 1. The zero-order valence-electron chi connectivity index (χ0n) is 6.63. The maximum atomic E-state index is 10.9. The van der Waals surface area contributed by atoms with Crippen molar-refractivity contribution in [2.24, 2.45) is 0 Å². The van der Waals surface area contributed by atoms with E-state index < -0.39 is 0 Å². The molecule has 0 bridgehead atoms. The van der Waals surface area contributed by atoms with Crippen LogP contribution in [0.3, 0.4) is 0 Å². The van der Waals surface area contributed by atoms with E-state index in [-0.39, 0.29) is 12.5 Å². The minimum absolute atomic E-state index is 0.0829. The van der Waals surface area contributed by atoms with Gasteiger partial charge in [0.05, 0.1) is 0 Å². The summed E-state index contributed by atoms with van der Waals surface area (Å²) in [6.07, 6.45) is 1.64. The van der Waals surface area contributed by atoms with Crippen LogP contribution in [0, 0.1) is 6.92 Å². The lowest BCUT2D eigenvalue weighted by Gasteiger charge is -2.17. The Balaban J connectivity index is 2.48. The molecule has 0 fully saturated rings. The third-order valence-electron chi connectivity index (χ3n) is 1.71. The van der Waals surface area contributed by atoms with Gasteiger partial charge in [0, 0.05) is 6.20 Å². The summed E-state index contributed by atoms with van der Waals surface area (Å²) < 4.78 is 5.19. The second kappa shape index (κ2) is 2.48. The lowest BCUT2D eigenvalue weighted by Crippen LogP contribution is -2.26. The second-order valence-electron chi connectivity index (χ2n) is 2.64. The van der Waals surface area contributed by atoms with Crippen LogP contribution in [0.4, 0.5) is 5.82 Å². The fourth-order valence-corrected chi connectivity index (χ4v) is 1.12. The molecule has 0 atom stereocenters. The standard InChI is InChI=1S/C8H8N2O2/c1-5-2-3-9-8-7(5)12-4-6(11)10-8/h2-3H,4H2,1H3,(H,9,10,11). The number of rotatable bonds is 0. The van der Waals surface area contributed by atoms with Crippen LogP contribution in [0.15, 0.2) is 12.3 Å². The second-order valence-corrected chi connectivity index (χ2v) is 2.64. The Bertz CT molecular complexity index is 336. The fraction of sp³-hybridized carbons (Fsp3) is 0.250. The third-order valence-corrected chi connectivity index (χ3v) is 1.71. The summed E-state index contributed by atoms with van der Waals surface area (Å²) in [4.78, 5) is 14.8. The first-order valence-corrected chi connectivity index (χ1v) is 3.65. The van der Waals surface area contributed by atoms with E-state index in [1.165, 1.54) is 0 Å². The highest BCUT2D eigenvalue weighted by atomic mass is 16.5. The van der Waals surface area contributed by atoms with Crippen LogP contribution in [0.5, 0.6) is 5.75 Å². The number of hydrogen-bond acceptors (Lipinski definition) is 3. The first-order valence-electron chi connectivity index (χ1n) is 3.65. The molecule has 0 aliphatic carbocycles. The smallest absolute Gasteiger partial charge is 0.263 e. The van der Waals surface area contributed by atoms with Crippen molar-refractivity contribution in [3.63, 3.8) is 0 Å². The molecule has 1 amide bonds. The number of ether oxygens (including phenoxy) is 1. The fourth-order valence-electron chi connectivity index (χ4n) is 1.12. The summed E-state index contributed by atoms with van der Waals surface area (Å²) in [5.74, 6) is 1.05. The van der Waals surface area contributed by atoms with Crippen molar-refractivity contribution in [2.45, 2.75) is 6.92 Å². The molecule has 0 spiro atoms. The number of fused-ring (bicyclic) bond motifs is 1. The molecular formula is C8H8N2O2. The first kappa shape index (κ1) is 7.09. The van der Waals surface area contributed by atoms with Crippen molar-refractivity contribution < 1.29 is 9.53 Å². The van der Waals surface area contributed by atoms with Gasteiger partial charge in [-0.3, -0.25) is 4.79 Å². The van der Waals surface area contributed by atoms with E-state index in [2.05, 4.69) is 10.3 Å². The molecule has 0 aromatic carbocycles. The van der Waals surface area contributed by atoms with E-state index in [9.17, 15) is 4.79 Å². The molecule has 0 saturated heterocycles. The monoisotopic (exact) mass is 164 g/mol. The molecule has 4 heteroatoms. The maximum Gasteiger partial charge on any atom is 0.263 e. The number of nitrogens with zero attached hydrogens (tertiary/aromatic N) is 1. The number of hydrogen-bond donors (Lipinski definition) is 1. The number of carbonyl (C=O) groups is 1. The predicted molar refractivity (Wildman–Crippen MR) is 43.1 cm³/mol. The number of aryl methyl sites for hydroxylation is 1. The van der Waals surface area contributed by atoms with Crippen LogP contribution < -0.4 is 10.1 Å². The molecule has 1 aromatic heterocycles. The third kappa shape index (κ3) is 1.01. The van der Waals surface area contributed by atoms with E-state index in [1.807, 2.05) is 13.0 Å². The van der Waals surface area contributed by atoms with Gasteiger partial charge < -0.3 is 10.1 Å². The Hall–Kier alpha value is -1.58. The Morgan fingerprint density at radius 1 is 1.67 bits per heavy atom. The van der Waals surface area contributed by atoms with Crippen molar-refractivity contribution in [3.8, 4) is 5.75 Å². The van der Waals surface area contributed by atoms with Gasteiger partial charge in [-0.25, -0.2) is 4.98 Å². The average Bonchev–Trinajstić information content (AvgIpc) is 2.04. The van der Waals surface area contributed by atoms with Gasteiger partial charge >= 0.3 is 0 Å². The average molecular weight is 164 g/mol. The quantitative estimate of drug-likeness (QED) is 0.614. The molecule has 2 rings (SSSR count). The van der Waals surface area contributed by atoms with E-state index in [4.69, 9.17) is 4.74 Å². The lowest BCUT2D eigenvalue weighted by atomic mass is 10.2. The van der Waals surface area contributed by atoms with E-state index in [0.717, 1.165) is 5.56 Å². The molecule has 12 heavy (non-hydrogen) atoms. The van der Waals surface area contributed by atoms with Gasteiger partial charge in [-0.1, -0.05) is 0 Å².